The number of hydrogen-bond donors (Lipinski definition) is 0. The van der Waals surface area contributed by atoms with Gasteiger partial charge in [0.2, 0.25) is 17.7 Å². The summed E-state index contributed by atoms with van der Waals surface area (Å²) in [7, 11) is 0. The zero-order valence-electron chi connectivity index (χ0n) is 15.5. The minimum absolute atomic E-state index is 0.0616. The van der Waals surface area contributed by atoms with Crippen molar-refractivity contribution >= 4 is 11.9 Å². The van der Waals surface area contributed by atoms with Crippen LogP contribution in [0.4, 0.5) is 5.95 Å². The van der Waals surface area contributed by atoms with E-state index in [1.165, 1.54) is 0 Å². The molecule has 0 unspecified atom stereocenters. The maximum Gasteiger partial charge on any atom is 0.257 e. The number of ether oxygens (including phenoxy) is 1. The summed E-state index contributed by atoms with van der Waals surface area (Å²) < 4.78 is 10.7. The van der Waals surface area contributed by atoms with Crippen LogP contribution in [0.25, 0.3) is 0 Å². The highest BCUT2D eigenvalue weighted by Crippen LogP contribution is 2.22. The zero-order chi connectivity index (χ0) is 19.3. The molecule has 28 heavy (non-hydrogen) atoms. The van der Waals surface area contributed by atoms with Crippen LogP contribution in [0, 0.1) is 6.92 Å². The Labute approximate surface area is 162 Å². The number of carbonyl (C=O) groups excluding carboxylic acids is 1. The maximum absolute atomic E-state index is 13.0. The molecular formula is C19H20N6O3. The molecule has 1 amide bonds. The van der Waals surface area contributed by atoms with Crippen LogP contribution in [0.2, 0.25) is 0 Å². The lowest BCUT2D eigenvalue weighted by Gasteiger charge is -2.34. The molecule has 1 aromatic carbocycles. The van der Waals surface area contributed by atoms with Crippen molar-refractivity contribution in [1.82, 2.24) is 25.0 Å². The summed E-state index contributed by atoms with van der Waals surface area (Å²) in [6.45, 7) is 4.40. The molecule has 0 spiro atoms. The first-order chi connectivity index (χ1) is 13.7. The fourth-order valence-electron chi connectivity index (χ4n) is 3.05. The van der Waals surface area contributed by atoms with Gasteiger partial charge < -0.3 is 19.1 Å². The second-order valence-electron chi connectivity index (χ2n) is 6.34. The first-order valence-corrected chi connectivity index (χ1v) is 9.03. The van der Waals surface area contributed by atoms with Crippen LogP contribution in [0.5, 0.6) is 5.75 Å². The van der Waals surface area contributed by atoms with Gasteiger partial charge in [0.05, 0.1) is 5.56 Å². The van der Waals surface area contributed by atoms with E-state index in [1.54, 1.807) is 37.5 Å². The number of aromatic nitrogens is 4. The van der Waals surface area contributed by atoms with Crippen molar-refractivity contribution < 1.29 is 14.1 Å². The standard InChI is InChI=1S/C19H20N6O3/c1-14-22-17(23-28-14)13-27-16-6-3-2-5-15(16)18(26)24-9-11-25(12-10-24)19-20-7-4-8-21-19/h2-8H,9-13H2,1H3. The Morgan fingerprint density at radius 2 is 1.86 bits per heavy atom. The van der Waals surface area contributed by atoms with Crippen molar-refractivity contribution in [2.24, 2.45) is 0 Å². The van der Waals surface area contributed by atoms with Gasteiger partial charge in [0.1, 0.15) is 5.75 Å². The van der Waals surface area contributed by atoms with Gasteiger partial charge in [0.25, 0.3) is 5.91 Å². The van der Waals surface area contributed by atoms with E-state index < -0.39 is 0 Å². The lowest BCUT2D eigenvalue weighted by molar-refractivity contribution is 0.0741. The third-order valence-corrected chi connectivity index (χ3v) is 4.45. The van der Waals surface area contributed by atoms with E-state index in [1.807, 2.05) is 17.0 Å². The van der Waals surface area contributed by atoms with Gasteiger partial charge >= 0.3 is 0 Å². The molecular weight excluding hydrogens is 360 g/mol. The fraction of sp³-hybridized carbons (Fsp3) is 0.316. The second kappa shape index (κ2) is 8.03. The lowest BCUT2D eigenvalue weighted by Crippen LogP contribution is -2.49. The normalized spacial score (nSPS) is 14.2. The molecule has 144 valence electrons. The van der Waals surface area contributed by atoms with Gasteiger partial charge in [-0.3, -0.25) is 4.79 Å². The largest absolute Gasteiger partial charge is 0.485 e. The topological polar surface area (TPSA) is 97.5 Å². The summed E-state index contributed by atoms with van der Waals surface area (Å²) in [6, 6.07) is 8.99. The number of benzene rings is 1. The number of hydrogen-bond acceptors (Lipinski definition) is 8. The third kappa shape index (κ3) is 3.93. The van der Waals surface area contributed by atoms with E-state index in [0.717, 1.165) is 0 Å². The molecule has 0 aliphatic carbocycles. The van der Waals surface area contributed by atoms with Gasteiger partial charge in [-0.25, -0.2) is 9.97 Å². The summed E-state index contributed by atoms with van der Waals surface area (Å²) in [5.41, 5.74) is 0.520. The molecule has 9 nitrogen and oxygen atoms in total. The molecule has 3 aromatic rings. The Morgan fingerprint density at radius 3 is 2.57 bits per heavy atom. The lowest BCUT2D eigenvalue weighted by atomic mass is 10.1. The van der Waals surface area contributed by atoms with Crippen molar-refractivity contribution in [2.45, 2.75) is 13.5 Å². The molecule has 1 saturated heterocycles. The maximum atomic E-state index is 13.0. The number of amides is 1. The van der Waals surface area contributed by atoms with E-state index in [2.05, 4.69) is 25.0 Å². The van der Waals surface area contributed by atoms with E-state index in [0.29, 0.717) is 55.2 Å². The number of piperazine rings is 1. The number of nitrogens with zero attached hydrogens (tertiary/aromatic N) is 6. The van der Waals surface area contributed by atoms with Crippen LogP contribution in [0.1, 0.15) is 22.1 Å². The summed E-state index contributed by atoms with van der Waals surface area (Å²) >= 11 is 0. The molecule has 0 N–H and O–H groups in total. The smallest absolute Gasteiger partial charge is 0.257 e. The summed E-state index contributed by atoms with van der Waals surface area (Å²) in [4.78, 5) is 29.6. The molecule has 1 fully saturated rings. The minimum atomic E-state index is -0.0616. The highest BCUT2D eigenvalue weighted by Gasteiger charge is 2.25. The Bertz CT molecular complexity index is 938. The van der Waals surface area contributed by atoms with E-state index in [9.17, 15) is 4.79 Å². The Kier molecular flexibility index (Phi) is 5.14. The molecule has 4 rings (SSSR count). The molecule has 1 aliphatic heterocycles. The Hall–Kier alpha value is -3.49. The zero-order valence-corrected chi connectivity index (χ0v) is 15.5. The molecule has 0 atom stereocenters. The fourth-order valence-corrected chi connectivity index (χ4v) is 3.05. The summed E-state index contributed by atoms with van der Waals surface area (Å²) in [5.74, 6) is 2.05. The van der Waals surface area contributed by atoms with Gasteiger partial charge in [-0.2, -0.15) is 4.98 Å². The molecule has 2 aromatic heterocycles. The van der Waals surface area contributed by atoms with Gasteiger partial charge in [0, 0.05) is 45.5 Å². The van der Waals surface area contributed by atoms with E-state index in [-0.39, 0.29) is 12.5 Å². The van der Waals surface area contributed by atoms with Crippen LogP contribution in [-0.2, 0) is 6.61 Å². The predicted octanol–water partition coefficient (Wildman–Crippen LogP) is 1.71. The predicted molar refractivity (Wildman–Crippen MR) is 100.0 cm³/mol. The van der Waals surface area contributed by atoms with Crippen molar-refractivity contribution in [3.05, 3.63) is 60.0 Å². The minimum Gasteiger partial charge on any atom is -0.485 e. The highest BCUT2D eigenvalue weighted by molar-refractivity contribution is 5.97. The van der Waals surface area contributed by atoms with Crippen molar-refractivity contribution in [3.8, 4) is 5.75 Å². The van der Waals surface area contributed by atoms with Crippen LogP contribution in [-0.4, -0.2) is 57.1 Å². The molecule has 0 radical (unpaired) electrons. The Balaban J connectivity index is 1.41. The quantitative estimate of drug-likeness (QED) is 0.660. The van der Waals surface area contributed by atoms with Gasteiger partial charge in [-0.1, -0.05) is 17.3 Å². The summed E-state index contributed by atoms with van der Waals surface area (Å²) in [6.07, 6.45) is 3.44. The molecule has 9 heteroatoms. The third-order valence-electron chi connectivity index (χ3n) is 4.45. The number of anilines is 1. The van der Waals surface area contributed by atoms with Crippen molar-refractivity contribution in [2.75, 3.05) is 31.1 Å². The van der Waals surface area contributed by atoms with Gasteiger partial charge in [0.15, 0.2) is 6.61 Å². The first-order valence-electron chi connectivity index (χ1n) is 9.03. The van der Waals surface area contributed by atoms with Crippen molar-refractivity contribution in [3.63, 3.8) is 0 Å². The van der Waals surface area contributed by atoms with Gasteiger partial charge in [-0.05, 0) is 18.2 Å². The monoisotopic (exact) mass is 380 g/mol. The van der Waals surface area contributed by atoms with Gasteiger partial charge in [-0.15, -0.1) is 0 Å². The number of rotatable bonds is 5. The highest BCUT2D eigenvalue weighted by atomic mass is 16.5. The second-order valence-corrected chi connectivity index (χ2v) is 6.34. The number of para-hydroxylation sites is 1. The average Bonchev–Trinajstić information content (AvgIpc) is 3.18. The van der Waals surface area contributed by atoms with Crippen LogP contribution in [0.15, 0.2) is 47.2 Å². The van der Waals surface area contributed by atoms with Crippen LogP contribution >= 0.6 is 0 Å². The van der Waals surface area contributed by atoms with E-state index in [4.69, 9.17) is 9.26 Å². The Morgan fingerprint density at radius 1 is 1.11 bits per heavy atom. The van der Waals surface area contributed by atoms with Crippen LogP contribution in [0.3, 0.4) is 0 Å². The van der Waals surface area contributed by atoms with Crippen LogP contribution < -0.4 is 9.64 Å². The van der Waals surface area contributed by atoms with E-state index >= 15 is 0 Å². The molecule has 3 heterocycles. The number of carbonyl (C=O) groups is 1. The molecule has 0 bridgehead atoms. The van der Waals surface area contributed by atoms with Crippen molar-refractivity contribution in [1.29, 1.82) is 0 Å². The molecule has 1 aliphatic rings. The summed E-state index contributed by atoms with van der Waals surface area (Å²) in [5, 5.41) is 3.81. The SMILES string of the molecule is Cc1nc(COc2ccccc2C(=O)N2CCN(c3ncccn3)CC2)no1. The average molecular weight is 380 g/mol. The molecule has 0 saturated carbocycles. The first kappa shape index (κ1) is 17.9. The number of aryl methyl sites for hydroxylation is 1.